The van der Waals surface area contributed by atoms with Gasteiger partial charge in [-0.05, 0) is 43.2 Å². The van der Waals surface area contributed by atoms with Gasteiger partial charge < -0.3 is 15.0 Å². The Morgan fingerprint density at radius 1 is 1.15 bits per heavy atom. The molecule has 0 aliphatic carbocycles. The van der Waals surface area contributed by atoms with E-state index < -0.39 is 5.97 Å². The highest BCUT2D eigenvalue weighted by Crippen LogP contribution is 2.37. The maximum Gasteiger partial charge on any atom is 0.339 e. The van der Waals surface area contributed by atoms with Crippen LogP contribution in [0.5, 0.6) is 0 Å². The number of ether oxygens (including phenoxy) is 1. The van der Waals surface area contributed by atoms with Crippen LogP contribution in [0.1, 0.15) is 22.8 Å². The SMILES string of the molecule is COC(=O)c1ccccc1Nc1nccc(N2c3ccccc3CC2C)n1. The van der Waals surface area contributed by atoms with E-state index in [1.54, 1.807) is 24.4 Å². The van der Waals surface area contributed by atoms with E-state index in [0.29, 0.717) is 23.2 Å². The van der Waals surface area contributed by atoms with E-state index in [9.17, 15) is 4.79 Å². The van der Waals surface area contributed by atoms with Gasteiger partial charge in [-0.25, -0.2) is 9.78 Å². The smallest absolute Gasteiger partial charge is 0.339 e. The van der Waals surface area contributed by atoms with Gasteiger partial charge in [-0.3, -0.25) is 0 Å². The average Bonchev–Trinajstić information content (AvgIpc) is 3.03. The molecule has 2 heterocycles. The van der Waals surface area contributed by atoms with Crippen molar-refractivity contribution in [1.82, 2.24) is 9.97 Å². The first-order chi connectivity index (χ1) is 13.2. The first-order valence-corrected chi connectivity index (χ1v) is 8.82. The maximum absolute atomic E-state index is 12.0. The Hall–Kier alpha value is -3.41. The summed E-state index contributed by atoms with van der Waals surface area (Å²) < 4.78 is 4.84. The number of carbonyl (C=O) groups excluding carboxylic acids is 1. The zero-order chi connectivity index (χ0) is 18.8. The fourth-order valence-corrected chi connectivity index (χ4v) is 3.46. The van der Waals surface area contributed by atoms with Crippen molar-refractivity contribution >= 4 is 29.1 Å². The number of methoxy groups -OCH3 is 1. The topological polar surface area (TPSA) is 67.3 Å². The minimum atomic E-state index is -0.406. The Bertz CT molecular complexity index is 989. The van der Waals surface area contributed by atoms with Gasteiger partial charge >= 0.3 is 5.97 Å². The predicted octanol–water partition coefficient (Wildman–Crippen LogP) is 4.09. The normalized spacial score (nSPS) is 15.3. The van der Waals surface area contributed by atoms with Crippen LogP contribution in [0.2, 0.25) is 0 Å². The molecule has 1 aliphatic rings. The third kappa shape index (κ3) is 3.21. The van der Waals surface area contributed by atoms with E-state index in [1.165, 1.54) is 18.4 Å². The van der Waals surface area contributed by atoms with Gasteiger partial charge in [-0.2, -0.15) is 4.98 Å². The minimum absolute atomic E-state index is 0.313. The first-order valence-electron chi connectivity index (χ1n) is 8.82. The molecule has 4 rings (SSSR count). The number of para-hydroxylation sites is 2. The molecule has 1 atom stereocenters. The van der Waals surface area contributed by atoms with Crippen LogP contribution in [0, 0.1) is 0 Å². The molecule has 0 spiro atoms. The molecule has 0 saturated carbocycles. The molecule has 136 valence electrons. The quantitative estimate of drug-likeness (QED) is 0.707. The van der Waals surface area contributed by atoms with E-state index in [-0.39, 0.29) is 0 Å². The van der Waals surface area contributed by atoms with Crippen LogP contribution < -0.4 is 10.2 Å². The largest absolute Gasteiger partial charge is 0.465 e. The van der Waals surface area contributed by atoms with Crippen LogP contribution in [0.15, 0.2) is 60.8 Å². The Labute approximate surface area is 157 Å². The molecule has 1 aliphatic heterocycles. The summed E-state index contributed by atoms with van der Waals surface area (Å²) in [5.41, 5.74) is 3.53. The highest BCUT2D eigenvalue weighted by Gasteiger charge is 2.27. The Kier molecular flexibility index (Phi) is 4.46. The number of esters is 1. The van der Waals surface area contributed by atoms with Crippen molar-refractivity contribution in [2.75, 3.05) is 17.3 Å². The number of nitrogens with zero attached hydrogens (tertiary/aromatic N) is 3. The van der Waals surface area contributed by atoms with Gasteiger partial charge in [0.05, 0.1) is 18.4 Å². The molecule has 0 amide bonds. The number of hydrogen-bond acceptors (Lipinski definition) is 6. The van der Waals surface area contributed by atoms with E-state index in [4.69, 9.17) is 4.74 Å². The zero-order valence-electron chi connectivity index (χ0n) is 15.2. The summed E-state index contributed by atoms with van der Waals surface area (Å²) in [5, 5.41) is 3.14. The minimum Gasteiger partial charge on any atom is -0.465 e. The van der Waals surface area contributed by atoms with Crippen molar-refractivity contribution in [3.8, 4) is 0 Å². The van der Waals surface area contributed by atoms with Crippen LogP contribution in [0.3, 0.4) is 0 Å². The van der Waals surface area contributed by atoms with E-state index in [0.717, 1.165) is 12.2 Å². The van der Waals surface area contributed by atoms with E-state index >= 15 is 0 Å². The van der Waals surface area contributed by atoms with Crippen molar-refractivity contribution in [3.63, 3.8) is 0 Å². The van der Waals surface area contributed by atoms with E-state index in [2.05, 4.69) is 45.3 Å². The van der Waals surface area contributed by atoms with Gasteiger partial charge in [0.1, 0.15) is 5.82 Å². The molecule has 0 radical (unpaired) electrons. The van der Waals surface area contributed by atoms with Crippen LogP contribution in [-0.2, 0) is 11.2 Å². The third-order valence-corrected chi connectivity index (χ3v) is 4.67. The molecule has 1 unspecified atom stereocenters. The lowest BCUT2D eigenvalue weighted by molar-refractivity contribution is 0.0602. The van der Waals surface area contributed by atoms with Crippen molar-refractivity contribution in [2.24, 2.45) is 0 Å². The van der Waals surface area contributed by atoms with Gasteiger partial charge in [0.25, 0.3) is 0 Å². The molecule has 0 saturated heterocycles. The second-order valence-corrected chi connectivity index (χ2v) is 6.45. The Balaban J connectivity index is 1.66. The second kappa shape index (κ2) is 7.07. The van der Waals surface area contributed by atoms with Crippen LogP contribution in [0.4, 0.5) is 23.1 Å². The van der Waals surface area contributed by atoms with E-state index in [1.807, 2.05) is 18.2 Å². The summed E-state index contributed by atoms with van der Waals surface area (Å²) in [6.07, 6.45) is 2.70. The molecule has 6 nitrogen and oxygen atoms in total. The molecule has 27 heavy (non-hydrogen) atoms. The van der Waals surface area contributed by atoms with Crippen LogP contribution in [0.25, 0.3) is 0 Å². The predicted molar refractivity (Wildman–Crippen MR) is 105 cm³/mol. The summed E-state index contributed by atoms with van der Waals surface area (Å²) in [6.45, 7) is 2.18. The molecule has 0 fully saturated rings. The highest BCUT2D eigenvalue weighted by atomic mass is 16.5. The lowest BCUT2D eigenvalue weighted by Gasteiger charge is -2.24. The number of nitrogens with one attached hydrogen (secondary N) is 1. The first kappa shape index (κ1) is 17.0. The van der Waals surface area contributed by atoms with Gasteiger partial charge in [0.2, 0.25) is 5.95 Å². The second-order valence-electron chi connectivity index (χ2n) is 6.45. The molecular weight excluding hydrogens is 340 g/mol. The third-order valence-electron chi connectivity index (χ3n) is 4.67. The summed E-state index contributed by atoms with van der Waals surface area (Å²) in [6, 6.07) is 17.7. The molecule has 0 bridgehead atoms. The van der Waals surface area contributed by atoms with Crippen molar-refractivity contribution in [1.29, 1.82) is 0 Å². The standard InChI is InChI=1S/C21H20N4O2/c1-14-13-15-7-3-6-10-18(15)25(14)19-11-12-22-21(24-19)23-17-9-5-4-8-16(17)20(26)27-2/h3-12,14H,13H2,1-2H3,(H,22,23,24). The molecular formula is C21H20N4O2. The van der Waals surface area contributed by atoms with Crippen molar-refractivity contribution in [2.45, 2.75) is 19.4 Å². The lowest BCUT2D eigenvalue weighted by Crippen LogP contribution is -2.25. The molecule has 3 aromatic rings. The average molecular weight is 360 g/mol. The monoisotopic (exact) mass is 360 g/mol. The highest BCUT2D eigenvalue weighted by molar-refractivity contribution is 5.96. The zero-order valence-corrected chi connectivity index (χ0v) is 15.2. The number of benzene rings is 2. The molecule has 1 N–H and O–H groups in total. The Morgan fingerprint density at radius 3 is 2.78 bits per heavy atom. The number of anilines is 4. The van der Waals surface area contributed by atoms with Crippen molar-refractivity contribution < 1.29 is 9.53 Å². The summed E-state index contributed by atoms with van der Waals surface area (Å²) >= 11 is 0. The lowest BCUT2D eigenvalue weighted by atomic mass is 10.1. The summed E-state index contributed by atoms with van der Waals surface area (Å²) in [4.78, 5) is 23.2. The van der Waals surface area contributed by atoms with Crippen molar-refractivity contribution in [3.05, 3.63) is 71.9 Å². The van der Waals surface area contributed by atoms with Gasteiger partial charge in [0, 0.05) is 17.9 Å². The Morgan fingerprint density at radius 2 is 1.93 bits per heavy atom. The summed E-state index contributed by atoms with van der Waals surface area (Å²) in [5.74, 6) is 0.845. The fraction of sp³-hybridized carbons (Fsp3) is 0.190. The molecule has 1 aromatic heterocycles. The van der Waals surface area contributed by atoms with Gasteiger partial charge in [-0.15, -0.1) is 0 Å². The van der Waals surface area contributed by atoms with Gasteiger partial charge in [0.15, 0.2) is 0 Å². The number of fused-ring (bicyclic) bond motifs is 1. The number of hydrogen-bond donors (Lipinski definition) is 1. The van der Waals surface area contributed by atoms with Gasteiger partial charge in [-0.1, -0.05) is 30.3 Å². The maximum atomic E-state index is 12.0. The number of rotatable bonds is 4. The number of aromatic nitrogens is 2. The van der Waals surface area contributed by atoms with Crippen LogP contribution >= 0.6 is 0 Å². The molecule has 6 heteroatoms. The fourth-order valence-electron chi connectivity index (χ4n) is 3.46. The summed E-state index contributed by atoms with van der Waals surface area (Å²) in [7, 11) is 1.36. The molecule has 2 aromatic carbocycles. The number of carbonyl (C=O) groups is 1. The van der Waals surface area contributed by atoms with Crippen LogP contribution in [-0.4, -0.2) is 29.1 Å².